The van der Waals surface area contributed by atoms with Crippen LogP contribution in [0.4, 0.5) is 4.79 Å². The molecule has 0 saturated heterocycles. The summed E-state index contributed by atoms with van der Waals surface area (Å²) in [6.45, 7) is 5.19. The van der Waals surface area contributed by atoms with Crippen molar-refractivity contribution in [1.82, 2.24) is 10.4 Å². The summed E-state index contributed by atoms with van der Waals surface area (Å²) in [5.41, 5.74) is -0.678. The second-order valence-corrected chi connectivity index (χ2v) is 5.90. The fourth-order valence-electron chi connectivity index (χ4n) is 1.33. The van der Waals surface area contributed by atoms with E-state index in [1.807, 2.05) is 6.26 Å². The summed E-state index contributed by atoms with van der Waals surface area (Å²) in [6.07, 6.45) is 1.77. The summed E-state index contributed by atoms with van der Waals surface area (Å²) in [5.74, 6) is 0.358. The lowest BCUT2D eigenvalue weighted by Crippen LogP contribution is -2.49. The SMILES string of the molecule is CN[C@@H](CCSC)C(=O)N(OC)C(=O)OC(C)(C)C. The zero-order valence-corrected chi connectivity index (χ0v) is 13.3. The molecule has 19 heavy (non-hydrogen) atoms. The van der Waals surface area contributed by atoms with Gasteiger partial charge in [0.15, 0.2) is 0 Å². The van der Waals surface area contributed by atoms with Crippen molar-refractivity contribution < 1.29 is 19.2 Å². The molecule has 0 aliphatic heterocycles. The Labute approximate surface area is 119 Å². The van der Waals surface area contributed by atoms with Crippen LogP contribution in [0.3, 0.4) is 0 Å². The minimum absolute atomic E-state index is 0.451. The Kier molecular flexibility index (Phi) is 8.05. The van der Waals surface area contributed by atoms with Crippen LogP contribution in [-0.2, 0) is 14.4 Å². The number of ether oxygens (including phenoxy) is 1. The van der Waals surface area contributed by atoms with Gasteiger partial charge in [0.25, 0.3) is 5.91 Å². The molecule has 0 aliphatic carbocycles. The van der Waals surface area contributed by atoms with E-state index in [0.717, 1.165) is 5.75 Å². The molecule has 0 aromatic rings. The van der Waals surface area contributed by atoms with Gasteiger partial charge >= 0.3 is 6.09 Å². The summed E-state index contributed by atoms with van der Waals surface area (Å²) in [5, 5.41) is 3.54. The largest absolute Gasteiger partial charge is 0.442 e. The number of amides is 2. The minimum Gasteiger partial charge on any atom is -0.442 e. The van der Waals surface area contributed by atoms with Gasteiger partial charge in [0, 0.05) is 0 Å². The Morgan fingerprint density at radius 3 is 2.32 bits per heavy atom. The molecule has 0 saturated carbocycles. The fourth-order valence-corrected chi connectivity index (χ4v) is 1.80. The van der Waals surface area contributed by atoms with Crippen LogP contribution in [0.2, 0.25) is 0 Å². The second-order valence-electron chi connectivity index (χ2n) is 4.92. The summed E-state index contributed by atoms with van der Waals surface area (Å²) in [6, 6.07) is -0.472. The summed E-state index contributed by atoms with van der Waals surface area (Å²) >= 11 is 1.63. The van der Waals surface area contributed by atoms with E-state index < -0.39 is 23.6 Å². The maximum atomic E-state index is 12.2. The zero-order chi connectivity index (χ0) is 15.1. The maximum Gasteiger partial charge on any atom is 0.442 e. The number of nitrogens with zero attached hydrogens (tertiary/aromatic N) is 1. The number of hydroxylamine groups is 2. The van der Waals surface area contributed by atoms with Gasteiger partial charge in [-0.05, 0) is 46.2 Å². The molecule has 0 aromatic carbocycles. The average molecular weight is 292 g/mol. The quantitative estimate of drug-likeness (QED) is 0.751. The zero-order valence-electron chi connectivity index (χ0n) is 12.5. The van der Waals surface area contributed by atoms with Crippen molar-refractivity contribution in [2.75, 3.05) is 26.2 Å². The molecule has 0 aliphatic rings. The molecule has 6 nitrogen and oxygen atoms in total. The monoisotopic (exact) mass is 292 g/mol. The van der Waals surface area contributed by atoms with Crippen molar-refractivity contribution in [2.24, 2.45) is 0 Å². The molecule has 0 heterocycles. The van der Waals surface area contributed by atoms with Gasteiger partial charge in [-0.2, -0.15) is 11.8 Å². The highest BCUT2D eigenvalue weighted by molar-refractivity contribution is 7.98. The molecule has 0 bridgehead atoms. The normalized spacial score (nSPS) is 12.9. The fraction of sp³-hybridized carbons (Fsp3) is 0.833. The van der Waals surface area contributed by atoms with Gasteiger partial charge in [-0.25, -0.2) is 4.79 Å². The average Bonchev–Trinajstić information content (AvgIpc) is 2.28. The summed E-state index contributed by atoms with van der Waals surface area (Å²) < 4.78 is 5.12. The molecular weight excluding hydrogens is 268 g/mol. The standard InChI is InChI=1S/C12H24N2O4S/c1-12(2,3)18-11(16)14(17-5)10(15)9(13-4)7-8-19-6/h9,13H,7-8H2,1-6H3/t9-/m0/s1. The number of hydrogen-bond donors (Lipinski definition) is 1. The first-order valence-electron chi connectivity index (χ1n) is 6.04. The van der Waals surface area contributed by atoms with Gasteiger partial charge in [0.2, 0.25) is 0 Å². The van der Waals surface area contributed by atoms with E-state index in [0.29, 0.717) is 11.5 Å². The molecule has 0 rings (SSSR count). The van der Waals surface area contributed by atoms with E-state index in [4.69, 9.17) is 9.57 Å². The number of imide groups is 1. The number of likely N-dealkylation sites (N-methyl/N-ethyl adjacent to an activating group) is 1. The third-order valence-electron chi connectivity index (χ3n) is 2.20. The molecule has 0 spiro atoms. The Bertz CT molecular complexity index is 305. The second kappa shape index (κ2) is 8.39. The maximum absolute atomic E-state index is 12.2. The van der Waals surface area contributed by atoms with Crippen molar-refractivity contribution >= 4 is 23.8 Å². The van der Waals surface area contributed by atoms with E-state index >= 15 is 0 Å². The van der Waals surface area contributed by atoms with Gasteiger partial charge in [-0.15, -0.1) is 5.06 Å². The van der Waals surface area contributed by atoms with Crippen LogP contribution in [0.5, 0.6) is 0 Å². The van der Waals surface area contributed by atoms with Gasteiger partial charge in [-0.3, -0.25) is 9.63 Å². The van der Waals surface area contributed by atoms with Crippen molar-refractivity contribution in [3.8, 4) is 0 Å². The van der Waals surface area contributed by atoms with E-state index in [9.17, 15) is 9.59 Å². The predicted octanol–water partition coefficient (Wildman–Crippen LogP) is 1.65. The molecule has 112 valence electrons. The summed E-state index contributed by atoms with van der Waals surface area (Å²) in [7, 11) is 2.94. The lowest BCUT2D eigenvalue weighted by atomic mass is 10.2. The third-order valence-corrected chi connectivity index (χ3v) is 2.84. The third kappa shape index (κ3) is 6.79. The first kappa shape index (κ1) is 18.2. The van der Waals surface area contributed by atoms with Crippen LogP contribution in [0.1, 0.15) is 27.2 Å². The van der Waals surface area contributed by atoms with Crippen molar-refractivity contribution in [2.45, 2.75) is 38.8 Å². The van der Waals surface area contributed by atoms with Crippen molar-refractivity contribution in [3.63, 3.8) is 0 Å². The van der Waals surface area contributed by atoms with Crippen molar-refractivity contribution in [1.29, 1.82) is 0 Å². The number of thioether (sulfide) groups is 1. The molecule has 0 radical (unpaired) electrons. The lowest BCUT2D eigenvalue weighted by Gasteiger charge is -2.26. The van der Waals surface area contributed by atoms with Crippen LogP contribution < -0.4 is 5.32 Å². The Morgan fingerprint density at radius 2 is 1.95 bits per heavy atom. The van der Waals surface area contributed by atoms with E-state index in [2.05, 4.69) is 5.32 Å². The van der Waals surface area contributed by atoms with E-state index in [-0.39, 0.29) is 0 Å². The van der Waals surface area contributed by atoms with Crippen LogP contribution in [-0.4, -0.2) is 54.9 Å². The van der Waals surface area contributed by atoms with Gasteiger partial charge < -0.3 is 10.1 Å². The van der Waals surface area contributed by atoms with Crippen LogP contribution in [0.25, 0.3) is 0 Å². The number of carbonyl (C=O) groups is 2. The Balaban J connectivity index is 4.73. The smallest absolute Gasteiger partial charge is 0.442 e. The highest BCUT2D eigenvalue weighted by Gasteiger charge is 2.31. The molecule has 0 aromatic heterocycles. The number of hydrogen-bond acceptors (Lipinski definition) is 6. The van der Waals surface area contributed by atoms with Gasteiger partial charge in [0.05, 0.1) is 13.2 Å². The Hall–Kier alpha value is -0.790. The highest BCUT2D eigenvalue weighted by Crippen LogP contribution is 2.12. The van der Waals surface area contributed by atoms with Crippen molar-refractivity contribution in [3.05, 3.63) is 0 Å². The molecule has 0 fully saturated rings. The van der Waals surface area contributed by atoms with Crippen LogP contribution >= 0.6 is 11.8 Å². The Morgan fingerprint density at radius 1 is 1.37 bits per heavy atom. The molecule has 2 amide bonds. The first-order valence-corrected chi connectivity index (χ1v) is 7.43. The van der Waals surface area contributed by atoms with Gasteiger partial charge in [0.1, 0.15) is 5.60 Å². The van der Waals surface area contributed by atoms with Crippen LogP contribution in [0.15, 0.2) is 0 Å². The van der Waals surface area contributed by atoms with Crippen LogP contribution in [0, 0.1) is 0 Å². The van der Waals surface area contributed by atoms with E-state index in [1.165, 1.54) is 7.11 Å². The van der Waals surface area contributed by atoms with E-state index in [1.54, 1.807) is 39.6 Å². The minimum atomic E-state index is -0.801. The molecule has 1 N–H and O–H groups in total. The highest BCUT2D eigenvalue weighted by atomic mass is 32.2. The molecule has 1 atom stereocenters. The molecular formula is C12H24N2O4S. The topological polar surface area (TPSA) is 67.9 Å². The predicted molar refractivity (Wildman–Crippen MR) is 75.9 cm³/mol. The number of carbonyl (C=O) groups excluding carboxylic acids is 2. The molecule has 7 heteroatoms. The van der Waals surface area contributed by atoms with Gasteiger partial charge in [-0.1, -0.05) is 0 Å². The summed E-state index contributed by atoms with van der Waals surface area (Å²) in [4.78, 5) is 28.9. The number of nitrogens with one attached hydrogen (secondary N) is 1. The number of rotatable bonds is 6. The first-order chi connectivity index (χ1) is 8.76. The molecule has 0 unspecified atom stereocenters. The lowest BCUT2D eigenvalue weighted by molar-refractivity contribution is -0.171.